The number of hydrogen-bond acceptors (Lipinski definition) is 1. The molecule has 1 aliphatic carbocycles. The summed E-state index contributed by atoms with van der Waals surface area (Å²) < 4.78 is 0. The molecule has 0 aliphatic heterocycles. The number of nitriles is 1. The van der Waals surface area contributed by atoms with Gasteiger partial charge in [0.1, 0.15) is 0 Å². The maximum atomic E-state index is 9.10. The van der Waals surface area contributed by atoms with E-state index in [0.717, 1.165) is 12.8 Å². The van der Waals surface area contributed by atoms with Gasteiger partial charge in [-0.25, -0.2) is 0 Å². The monoisotopic (exact) mass is 185 g/mol. The molecule has 0 saturated heterocycles. The minimum absolute atomic E-state index is 0.0175. The summed E-state index contributed by atoms with van der Waals surface area (Å²) in [5.74, 6) is 0.164. The maximum absolute atomic E-state index is 9.10. The van der Waals surface area contributed by atoms with Crippen LogP contribution in [0, 0.1) is 17.2 Å². The first-order chi connectivity index (χ1) is 6.66. The van der Waals surface area contributed by atoms with E-state index >= 15 is 0 Å². The van der Waals surface area contributed by atoms with Crippen LogP contribution in [0.1, 0.15) is 31.4 Å². The Morgan fingerprint density at radius 1 is 1.36 bits per heavy atom. The first kappa shape index (κ1) is 9.27. The fourth-order valence-corrected chi connectivity index (χ4v) is 2.44. The zero-order chi connectivity index (χ0) is 10.2. The summed E-state index contributed by atoms with van der Waals surface area (Å²) >= 11 is 0. The van der Waals surface area contributed by atoms with Gasteiger partial charge in [-0.1, -0.05) is 38.1 Å². The van der Waals surface area contributed by atoms with Gasteiger partial charge in [0, 0.05) is 5.41 Å². The molecule has 1 heteroatoms. The summed E-state index contributed by atoms with van der Waals surface area (Å²) in [7, 11) is 0. The predicted molar refractivity (Wildman–Crippen MR) is 56.9 cm³/mol. The Balaban J connectivity index is 2.52. The fourth-order valence-electron chi connectivity index (χ4n) is 2.44. The third-order valence-corrected chi connectivity index (χ3v) is 3.44. The molecule has 0 N–H and O–H groups in total. The highest BCUT2D eigenvalue weighted by Crippen LogP contribution is 2.40. The van der Waals surface area contributed by atoms with Crippen LogP contribution in [0.25, 0.3) is 0 Å². The van der Waals surface area contributed by atoms with Crippen LogP contribution in [0.5, 0.6) is 0 Å². The number of hydrogen-bond donors (Lipinski definition) is 0. The van der Waals surface area contributed by atoms with Crippen LogP contribution < -0.4 is 0 Å². The molecule has 0 aromatic heterocycles. The van der Waals surface area contributed by atoms with Crippen molar-refractivity contribution < 1.29 is 0 Å². The summed E-state index contributed by atoms with van der Waals surface area (Å²) in [5, 5.41) is 9.10. The van der Waals surface area contributed by atoms with Gasteiger partial charge in [-0.15, -0.1) is 0 Å². The number of fused-ring (bicyclic) bond motifs is 1. The standard InChI is InChI=1S/C13H15N/c1-13(2)11(9-14)8-7-10-5-3-4-6-12(10)13/h3-6,11H,7-8H2,1-2H3. The Morgan fingerprint density at radius 3 is 2.79 bits per heavy atom. The topological polar surface area (TPSA) is 23.8 Å². The molecular weight excluding hydrogens is 170 g/mol. The van der Waals surface area contributed by atoms with Crippen LogP contribution >= 0.6 is 0 Å². The Bertz CT molecular complexity index is 384. The van der Waals surface area contributed by atoms with E-state index in [0.29, 0.717) is 0 Å². The molecule has 1 unspecified atom stereocenters. The van der Waals surface area contributed by atoms with Gasteiger partial charge in [0.2, 0.25) is 0 Å². The first-order valence-corrected chi connectivity index (χ1v) is 5.14. The average Bonchev–Trinajstić information content (AvgIpc) is 2.18. The van der Waals surface area contributed by atoms with Crippen LogP contribution in [0.4, 0.5) is 0 Å². The zero-order valence-corrected chi connectivity index (χ0v) is 8.75. The minimum Gasteiger partial charge on any atom is -0.198 e. The number of rotatable bonds is 0. The van der Waals surface area contributed by atoms with Crippen LogP contribution in [-0.4, -0.2) is 0 Å². The maximum Gasteiger partial charge on any atom is 0.0665 e. The largest absolute Gasteiger partial charge is 0.198 e. The van der Waals surface area contributed by atoms with Crippen molar-refractivity contribution in [2.75, 3.05) is 0 Å². The Kier molecular flexibility index (Phi) is 2.07. The normalized spacial score (nSPS) is 23.6. The van der Waals surface area contributed by atoms with Crippen molar-refractivity contribution in [3.05, 3.63) is 35.4 Å². The summed E-state index contributed by atoms with van der Waals surface area (Å²) in [6, 6.07) is 10.9. The molecule has 0 fully saturated rings. The highest BCUT2D eigenvalue weighted by Gasteiger charge is 2.36. The predicted octanol–water partition coefficient (Wildman–Crippen LogP) is 3.05. The van der Waals surface area contributed by atoms with Gasteiger partial charge in [0.15, 0.2) is 0 Å². The molecule has 2 rings (SSSR count). The van der Waals surface area contributed by atoms with Gasteiger partial charge in [0.25, 0.3) is 0 Å². The third-order valence-electron chi connectivity index (χ3n) is 3.44. The molecule has 0 spiro atoms. The fraction of sp³-hybridized carbons (Fsp3) is 0.462. The Labute approximate surface area is 85.4 Å². The van der Waals surface area contributed by atoms with Gasteiger partial charge >= 0.3 is 0 Å². The summed E-state index contributed by atoms with van der Waals surface area (Å²) in [6.45, 7) is 4.36. The Morgan fingerprint density at radius 2 is 2.07 bits per heavy atom. The van der Waals surface area contributed by atoms with Crippen molar-refractivity contribution in [3.63, 3.8) is 0 Å². The quantitative estimate of drug-likeness (QED) is 0.609. The van der Waals surface area contributed by atoms with E-state index in [1.807, 2.05) is 0 Å². The van der Waals surface area contributed by atoms with Gasteiger partial charge in [0.05, 0.1) is 12.0 Å². The zero-order valence-electron chi connectivity index (χ0n) is 8.75. The highest BCUT2D eigenvalue weighted by atomic mass is 14.4. The van der Waals surface area contributed by atoms with Crippen LogP contribution in [0.3, 0.4) is 0 Å². The SMILES string of the molecule is CC1(C)c2ccccc2CCC1C#N. The molecule has 0 bridgehead atoms. The third kappa shape index (κ3) is 1.23. The lowest BCUT2D eigenvalue weighted by atomic mass is 9.66. The van der Waals surface area contributed by atoms with E-state index in [-0.39, 0.29) is 11.3 Å². The molecule has 0 heterocycles. The molecule has 1 nitrogen and oxygen atoms in total. The van der Waals surface area contributed by atoms with E-state index in [1.54, 1.807) is 0 Å². The van der Waals surface area contributed by atoms with Crippen molar-refractivity contribution in [2.45, 2.75) is 32.1 Å². The second kappa shape index (κ2) is 3.13. The van der Waals surface area contributed by atoms with E-state index < -0.39 is 0 Å². The molecular formula is C13H15N. The number of aryl methyl sites for hydroxylation is 1. The molecule has 1 aliphatic rings. The van der Waals surface area contributed by atoms with Crippen molar-refractivity contribution >= 4 is 0 Å². The van der Waals surface area contributed by atoms with Crippen molar-refractivity contribution in [2.24, 2.45) is 5.92 Å². The number of benzene rings is 1. The highest BCUT2D eigenvalue weighted by molar-refractivity contribution is 5.37. The van der Waals surface area contributed by atoms with E-state index in [1.165, 1.54) is 11.1 Å². The lowest BCUT2D eigenvalue weighted by Crippen LogP contribution is -2.33. The van der Waals surface area contributed by atoms with E-state index in [2.05, 4.69) is 44.2 Å². The van der Waals surface area contributed by atoms with Crippen LogP contribution in [0.15, 0.2) is 24.3 Å². The molecule has 1 aromatic rings. The second-order valence-electron chi connectivity index (χ2n) is 4.60. The molecule has 1 aromatic carbocycles. The van der Waals surface area contributed by atoms with Crippen molar-refractivity contribution in [1.29, 1.82) is 5.26 Å². The second-order valence-corrected chi connectivity index (χ2v) is 4.60. The molecule has 0 amide bonds. The average molecular weight is 185 g/mol. The van der Waals surface area contributed by atoms with Crippen LogP contribution in [0.2, 0.25) is 0 Å². The smallest absolute Gasteiger partial charge is 0.0665 e. The van der Waals surface area contributed by atoms with Gasteiger partial charge in [-0.05, 0) is 24.0 Å². The summed E-state index contributed by atoms with van der Waals surface area (Å²) in [5.41, 5.74) is 2.80. The molecule has 0 saturated carbocycles. The van der Waals surface area contributed by atoms with Gasteiger partial charge < -0.3 is 0 Å². The molecule has 0 radical (unpaired) electrons. The van der Waals surface area contributed by atoms with Crippen molar-refractivity contribution in [3.8, 4) is 6.07 Å². The van der Waals surface area contributed by atoms with Gasteiger partial charge in [-0.3, -0.25) is 0 Å². The lowest BCUT2D eigenvalue weighted by molar-refractivity contribution is 0.345. The molecule has 1 atom stereocenters. The van der Waals surface area contributed by atoms with E-state index in [9.17, 15) is 0 Å². The Hall–Kier alpha value is -1.29. The molecule has 72 valence electrons. The van der Waals surface area contributed by atoms with Crippen LogP contribution in [-0.2, 0) is 11.8 Å². The minimum atomic E-state index is 0.0175. The van der Waals surface area contributed by atoms with Crippen molar-refractivity contribution in [1.82, 2.24) is 0 Å². The summed E-state index contributed by atoms with van der Waals surface area (Å²) in [6.07, 6.45) is 2.05. The molecule has 14 heavy (non-hydrogen) atoms. The van der Waals surface area contributed by atoms with Gasteiger partial charge in [-0.2, -0.15) is 5.26 Å². The first-order valence-electron chi connectivity index (χ1n) is 5.14. The number of nitrogens with zero attached hydrogens (tertiary/aromatic N) is 1. The lowest BCUT2D eigenvalue weighted by Gasteiger charge is -2.36. The summed E-state index contributed by atoms with van der Waals surface area (Å²) in [4.78, 5) is 0. The van der Waals surface area contributed by atoms with E-state index in [4.69, 9.17) is 5.26 Å².